The van der Waals surface area contributed by atoms with Crippen LogP contribution in [0.15, 0.2) is 53.4 Å². The predicted octanol–water partition coefficient (Wildman–Crippen LogP) is 3.95. The minimum atomic E-state index is -4.07. The molecule has 1 saturated heterocycles. The van der Waals surface area contributed by atoms with Crippen LogP contribution in [0.2, 0.25) is 0 Å². The average Bonchev–Trinajstić information content (AvgIpc) is 3.26. The summed E-state index contributed by atoms with van der Waals surface area (Å²) < 4.78 is 42.0. The maximum Gasteiger partial charge on any atom is 0.339 e. The van der Waals surface area contributed by atoms with Gasteiger partial charge in [0.2, 0.25) is 0 Å². The van der Waals surface area contributed by atoms with Gasteiger partial charge in [-0.05, 0) is 63.9 Å². The maximum absolute atomic E-state index is 13.0. The van der Waals surface area contributed by atoms with E-state index >= 15 is 0 Å². The smallest absolute Gasteiger partial charge is 0.339 e. The van der Waals surface area contributed by atoms with Gasteiger partial charge in [-0.3, -0.25) is 0 Å². The van der Waals surface area contributed by atoms with Crippen LogP contribution in [0.5, 0.6) is 11.5 Å². The fraction of sp³-hybridized carbons (Fsp3) is 0.458. The number of methoxy groups -OCH3 is 1. The van der Waals surface area contributed by atoms with E-state index in [2.05, 4.69) is 5.32 Å². The summed E-state index contributed by atoms with van der Waals surface area (Å²) >= 11 is 0. The molecule has 180 valence electrons. The van der Waals surface area contributed by atoms with E-state index in [4.69, 9.17) is 13.7 Å². The van der Waals surface area contributed by atoms with Crippen LogP contribution in [0.4, 0.5) is 4.79 Å². The van der Waals surface area contributed by atoms with Crippen LogP contribution in [-0.4, -0.2) is 51.3 Å². The van der Waals surface area contributed by atoms with Crippen LogP contribution in [0.25, 0.3) is 0 Å². The van der Waals surface area contributed by atoms with E-state index < -0.39 is 15.7 Å². The molecule has 0 aromatic heterocycles. The highest BCUT2D eigenvalue weighted by Gasteiger charge is 2.27. The number of rotatable bonds is 8. The quantitative estimate of drug-likeness (QED) is 0.580. The van der Waals surface area contributed by atoms with Gasteiger partial charge in [0.15, 0.2) is 0 Å². The Bertz CT molecular complexity index is 1040. The van der Waals surface area contributed by atoms with Gasteiger partial charge in [-0.25, -0.2) is 4.79 Å². The number of ether oxygens (including phenoxy) is 2. The van der Waals surface area contributed by atoms with Crippen molar-refractivity contribution in [2.24, 2.45) is 0 Å². The molecule has 1 atom stereocenters. The first-order valence-electron chi connectivity index (χ1n) is 10.9. The minimum Gasteiger partial charge on any atom is -0.497 e. The number of carbonyl (C=O) groups excluding carboxylic acids is 1. The normalized spacial score (nSPS) is 16.3. The van der Waals surface area contributed by atoms with Crippen LogP contribution in [0.3, 0.4) is 0 Å². The number of nitrogens with zero attached hydrogens (tertiary/aromatic N) is 1. The van der Waals surface area contributed by atoms with Gasteiger partial charge in [0.05, 0.1) is 19.8 Å². The molecule has 1 aliphatic heterocycles. The Morgan fingerprint density at radius 1 is 1.15 bits per heavy atom. The minimum absolute atomic E-state index is 0.0137. The van der Waals surface area contributed by atoms with E-state index in [9.17, 15) is 13.2 Å². The molecule has 1 unspecified atom stereocenters. The van der Waals surface area contributed by atoms with Gasteiger partial charge in [0.1, 0.15) is 16.4 Å². The van der Waals surface area contributed by atoms with Crippen molar-refractivity contribution in [3.8, 4) is 11.5 Å². The summed E-state index contributed by atoms with van der Waals surface area (Å²) in [4.78, 5) is 14.7. The summed E-state index contributed by atoms with van der Waals surface area (Å²) in [6, 6.07) is 12.6. The fourth-order valence-corrected chi connectivity index (χ4v) is 4.45. The van der Waals surface area contributed by atoms with Gasteiger partial charge in [-0.15, -0.1) is 0 Å². The summed E-state index contributed by atoms with van der Waals surface area (Å²) in [5, 5.41) is 2.98. The topological polar surface area (TPSA) is 94.2 Å². The van der Waals surface area contributed by atoms with E-state index in [1.807, 2.05) is 20.8 Å². The number of hydrogen-bond donors (Lipinski definition) is 1. The lowest BCUT2D eigenvalue weighted by molar-refractivity contribution is 0.0780. The van der Waals surface area contributed by atoms with Gasteiger partial charge >= 0.3 is 16.1 Å². The zero-order chi connectivity index (χ0) is 24.1. The van der Waals surface area contributed by atoms with Gasteiger partial charge in [0.25, 0.3) is 0 Å². The summed E-state index contributed by atoms with van der Waals surface area (Å²) in [5.41, 5.74) is 0.163. The number of hydrogen-bond acceptors (Lipinski definition) is 6. The highest BCUT2D eigenvalue weighted by molar-refractivity contribution is 7.87. The molecule has 8 nitrogen and oxygen atoms in total. The van der Waals surface area contributed by atoms with E-state index in [-0.39, 0.29) is 29.3 Å². The second-order valence-corrected chi connectivity index (χ2v) is 10.6. The Hall–Kier alpha value is -2.78. The first-order valence-corrected chi connectivity index (χ1v) is 12.3. The molecule has 1 heterocycles. The Morgan fingerprint density at radius 3 is 2.45 bits per heavy atom. The Morgan fingerprint density at radius 2 is 1.85 bits per heavy atom. The lowest BCUT2D eigenvalue weighted by Gasteiger charge is -2.30. The Kier molecular flexibility index (Phi) is 7.86. The highest BCUT2D eigenvalue weighted by Crippen LogP contribution is 2.26. The number of urea groups is 1. The number of nitrogens with one attached hydrogen (secondary N) is 1. The highest BCUT2D eigenvalue weighted by atomic mass is 32.2. The fourth-order valence-electron chi connectivity index (χ4n) is 3.48. The van der Waals surface area contributed by atoms with Crippen molar-refractivity contribution in [2.45, 2.75) is 56.7 Å². The molecular weight excluding hydrogens is 444 g/mol. The largest absolute Gasteiger partial charge is 0.497 e. The van der Waals surface area contributed by atoms with Crippen LogP contribution in [0, 0.1) is 0 Å². The third kappa shape index (κ3) is 7.10. The SMILES string of the molecule is COc1ccc(S(=O)(=O)Oc2ccccc2CN(CC2CCCO2)C(=O)NC(C)(C)C)cc1. The van der Waals surface area contributed by atoms with Crippen molar-refractivity contribution < 1.29 is 26.9 Å². The van der Waals surface area contributed by atoms with Gasteiger partial charge in [-0.2, -0.15) is 8.42 Å². The molecule has 0 aliphatic carbocycles. The van der Waals surface area contributed by atoms with Gasteiger partial charge in [0, 0.05) is 24.3 Å². The molecule has 1 fully saturated rings. The number of benzene rings is 2. The molecule has 2 aromatic rings. The molecule has 33 heavy (non-hydrogen) atoms. The lowest BCUT2D eigenvalue weighted by atomic mass is 10.1. The van der Waals surface area contributed by atoms with E-state index in [0.29, 0.717) is 24.5 Å². The Labute approximate surface area is 196 Å². The summed E-state index contributed by atoms with van der Waals surface area (Å²) in [6.07, 6.45) is 1.79. The summed E-state index contributed by atoms with van der Waals surface area (Å²) in [6.45, 7) is 6.99. The molecule has 2 aromatic carbocycles. The molecule has 0 radical (unpaired) electrons. The van der Waals surface area contributed by atoms with Crippen LogP contribution in [0.1, 0.15) is 39.2 Å². The zero-order valence-electron chi connectivity index (χ0n) is 19.5. The van der Waals surface area contributed by atoms with Crippen molar-refractivity contribution in [2.75, 3.05) is 20.3 Å². The van der Waals surface area contributed by atoms with Gasteiger partial charge in [-0.1, -0.05) is 18.2 Å². The monoisotopic (exact) mass is 476 g/mol. The summed E-state index contributed by atoms with van der Waals surface area (Å²) in [7, 11) is -2.56. The van der Waals surface area contributed by atoms with Gasteiger partial charge < -0.3 is 23.9 Å². The second-order valence-electron chi connectivity index (χ2n) is 9.02. The van der Waals surface area contributed by atoms with Crippen molar-refractivity contribution in [3.63, 3.8) is 0 Å². The third-order valence-corrected chi connectivity index (χ3v) is 6.35. The first-order chi connectivity index (χ1) is 15.6. The van der Waals surface area contributed by atoms with Crippen LogP contribution in [-0.2, 0) is 21.4 Å². The van der Waals surface area contributed by atoms with E-state index in [1.54, 1.807) is 41.3 Å². The molecule has 0 spiro atoms. The van der Waals surface area contributed by atoms with E-state index in [0.717, 1.165) is 12.8 Å². The van der Waals surface area contributed by atoms with Crippen LogP contribution < -0.4 is 14.2 Å². The summed E-state index contributed by atoms with van der Waals surface area (Å²) in [5.74, 6) is 0.721. The number of carbonyl (C=O) groups is 1. The maximum atomic E-state index is 13.0. The zero-order valence-corrected chi connectivity index (χ0v) is 20.4. The molecule has 1 N–H and O–H groups in total. The standard InChI is InChI=1S/C24H32N2O6S/c1-24(2,3)25-23(27)26(17-20-9-7-15-31-20)16-18-8-5-6-10-22(18)32-33(28,29)21-13-11-19(30-4)12-14-21/h5-6,8,10-14,20H,7,9,15-17H2,1-4H3,(H,25,27). The van der Waals surface area contributed by atoms with E-state index in [1.165, 1.54) is 19.2 Å². The van der Waals surface area contributed by atoms with Crippen molar-refractivity contribution in [3.05, 3.63) is 54.1 Å². The lowest BCUT2D eigenvalue weighted by Crippen LogP contribution is -2.50. The molecule has 0 bridgehead atoms. The van der Waals surface area contributed by atoms with Crippen LogP contribution >= 0.6 is 0 Å². The molecule has 1 aliphatic rings. The molecule has 9 heteroatoms. The number of para-hydroxylation sites is 1. The third-order valence-electron chi connectivity index (χ3n) is 5.10. The molecular formula is C24H32N2O6S. The second kappa shape index (κ2) is 10.4. The first kappa shape index (κ1) is 24.9. The number of amides is 2. The van der Waals surface area contributed by atoms with Crippen molar-refractivity contribution in [1.82, 2.24) is 10.2 Å². The molecule has 0 saturated carbocycles. The van der Waals surface area contributed by atoms with Crippen molar-refractivity contribution >= 4 is 16.1 Å². The van der Waals surface area contributed by atoms with Crippen molar-refractivity contribution in [1.29, 1.82) is 0 Å². The molecule has 3 rings (SSSR count). The predicted molar refractivity (Wildman–Crippen MR) is 125 cm³/mol. The molecule has 2 amide bonds. The Balaban J connectivity index is 1.83. The average molecular weight is 477 g/mol.